The van der Waals surface area contributed by atoms with Crippen molar-refractivity contribution in [3.8, 4) is 5.75 Å². The lowest BCUT2D eigenvalue weighted by molar-refractivity contribution is 0.264. The molecular formula is C7H8O2S. The van der Waals surface area contributed by atoms with E-state index in [-0.39, 0.29) is 0 Å². The third kappa shape index (κ3) is 1.49. The standard InChI is InChI=1S/C7H8O2S/c1-2-10-5-6(1)8-3-7-4-9-7/h1-2,5,7H,3-4H2. The first-order chi connectivity index (χ1) is 4.95. The predicted octanol–water partition coefficient (Wildman–Crippen LogP) is 1.53. The van der Waals surface area contributed by atoms with Gasteiger partial charge in [0.25, 0.3) is 0 Å². The van der Waals surface area contributed by atoms with Crippen molar-refractivity contribution in [1.82, 2.24) is 0 Å². The second kappa shape index (κ2) is 2.60. The van der Waals surface area contributed by atoms with Crippen molar-refractivity contribution in [2.24, 2.45) is 0 Å². The molecule has 0 amide bonds. The predicted molar refractivity (Wildman–Crippen MR) is 39.6 cm³/mol. The van der Waals surface area contributed by atoms with Crippen LogP contribution in [0.2, 0.25) is 0 Å². The molecule has 0 bridgehead atoms. The molecule has 54 valence electrons. The Morgan fingerprint density at radius 1 is 1.80 bits per heavy atom. The Morgan fingerprint density at radius 3 is 3.30 bits per heavy atom. The average Bonchev–Trinajstić information content (AvgIpc) is 2.63. The molecule has 0 spiro atoms. The number of hydrogen-bond acceptors (Lipinski definition) is 3. The molecule has 0 N–H and O–H groups in total. The quantitative estimate of drug-likeness (QED) is 0.619. The molecule has 3 heteroatoms. The van der Waals surface area contributed by atoms with Crippen LogP contribution in [0.25, 0.3) is 0 Å². The van der Waals surface area contributed by atoms with Gasteiger partial charge in [0.2, 0.25) is 0 Å². The van der Waals surface area contributed by atoms with Gasteiger partial charge < -0.3 is 9.47 Å². The van der Waals surface area contributed by atoms with Crippen molar-refractivity contribution < 1.29 is 9.47 Å². The van der Waals surface area contributed by atoms with E-state index >= 15 is 0 Å². The minimum Gasteiger partial charge on any atom is -0.490 e. The maximum absolute atomic E-state index is 5.36. The van der Waals surface area contributed by atoms with Crippen LogP contribution in [0.3, 0.4) is 0 Å². The van der Waals surface area contributed by atoms with Crippen LogP contribution in [0.15, 0.2) is 16.8 Å². The summed E-state index contributed by atoms with van der Waals surface area (Å²) >= 11 is 1.65. The maximum atomic E-state index is 5.36. The Morgan fingerprint density at radius 2 is 2.70 bits per heavy atom. The van der Waals surface area contributed by atoms with E-state index in [2.05, 4.69) is 0 Å². The molecule has 0 aromatic carbocycles. The molecule has 1 aromatic heterocycles. The fourth-order valence-corrected chi connectivity index (χ4v) is 1.26. The molecule has 0 radical (unpaired) electrons. The molecule has 2 heterocycles. The van der Waals surface area contributed by atoms with Crippen molar-refractivity contribution in [2.75, 3.05) is 13.2 Å². The second-order valence-electron chi connectivity index (χ2n) is 2.23. The van der Waals surface area contributed by atoms with Gasteiger partial charge in [-0.1, -0.05) is 0 Å². The molecule has 0 saturated carbocycles. The third-order valence-electron chi connectivity index (χ3n) is 1.33. The van der Waals surface area contributed by atoms with E-state index < -0.39 is 0 Å². The SMILES string of the molecule is c1cc(OCC2CO2)cs1. The molecule has 1 aromatic rings. The van der Waals surface area contributed by atoms with Crippen molar-refractivity contribution in [2.45, 2.75) is 6.10 Å². The molecule has 2 nitrogen and oxygen atoms in total. The lowest BCUT2D eigenvalue weighted by Crippen LogP contribution is -2.02. The fourth-order valence-electron chi connectivity index (χ4n) is 0.688. The highest BCUT2D eigenvalue weighted by atomic mass is 32.1. The van der Waals surface area contributed by atoms with Gasteiger partial charge in [-0.15, -0.1) is 11.3 Å². The van der Waals surface area contributed by atoms with Gasteiger partial charge in [0, 0.05) is 5.38 Å². The number of rotatable bonds is 3. The van der Waals surface area contributed by atoms with Crippen molar-refractivity contribution in [3.63, 3.8) is 0 Å². The lowest BCUT2D eigenvalue weighted by Gasteiger charge is -1.97. The summed E-state index contributed by atoms with van der Waals surface area (Å²) in [6.07, 6.45) is 0.361. The Balaban J connectivity index is 1.79. The molecule has 1 atom stereocenters. The number of epoxide rings is 1. The zero-order valence-electron chi connectivity index (χ0n) is 5.45. The van der Waals surface area contributed by atoms with Crippen LogP contribution in [0.1, 0.15) is 0 Å². The van der Waals surface area contributed by atoms with E-state index in [9.17, 15) is 0 Å². The van der Waals surface area contributed by atoms with Crippen molar-refractivity contribution in [3.05, 3.63) is 16.8 Å². The fraction of sp³-hybridized carbons (Fsp3) is 0.429. The minimum absolute atomic E-state index is 0.361. The van der Waals surface area contributed by atoms with E-state index in [0.717, 1.165) is 12.4 Å². The first-order valence-electron chi connectivity index (χ1n) is 3.22. The van der Waals surface area contributed by atoms with Crippen LogP contribution < -0.4 is 4.74 Å². The van der Waals surface area contributed by atoms with Gasteiger partial charge in [-0.2, -0.15) is 0 Å². The van der Waals surface area contributed by atoms with Gasteiger partial charge in [-0.25, -0.2) is 0 Å². The summed E-state index contributed by atoms with van der Waals surface area (Å²) in [6.45, 7) is 1.57. The van der Waals surface area contributed by atoms with Gasteiger partial charge >= 0.3 is 0 Å². The largest absolute Gasteiger partial charge is 0.490 e. The van der Waals surface area contributed by atoms with E-state index in [1.807, 2.05) is 16.8 Å². The van der Waals surface area contributed by atoms with Crippen molar-refractivity contribution >= 4 is 11.3 Å². The topological polar surface area (TPSA) is 21.8 Å². The smallest absolute Gasteiger partial charge is 0.130 e. The monoisotopic (exact) mass is 156 g/mol. The first-order valence-corrected chi connectivity index (χ1v) is 4.16. The molecular weight excluding hydrogens is 148 g/mol. The van der Waals surface area contributed by atoms with Crippen LogP contribution in [-0.4, -0.2) is 19.3 Å². The highest BCUT2D eigenvalue weighted by Gasteiger charge is 2.22. The maximum Gasteiger partial charge on any atom is 0.130 e. The lowest BCUT2D eigenvalue weighted by atomic mass is 10.5. The van der Waals surface area contributed by atoms with Gasteiger partial charge in [0.15, 0.2) is 0 Å². The summed E-state index contributed by atoms with van der Waals surface area (Å²) in [4.78, 5) is 0. The summed E-state index contributed by atoms with van der Waals surface area (Å²) in [7, 11) is 0. The zero-order chi connectivity index (χ0) is 6.81. The molecule has 1 fully saturated rings. The van der Waals surface area contributed by atoms with Crippen LogP contribution in [0, 0.1) is 0 Å². The molecule has 1 aliphatic rings. The summed E-state index contributed by atoms with van der Waals surface area (Å²) in [5.41, 5.74) is 0. The van der Waals surface area contributed by atoms with Crippen LogP contribution in [0.4, 0.5) is 0 Å². The van der Waals surface area contributed by atoms with Gasteiger partial charge in [-0.3, -0.25) is 0 Å². The molecule has 10 heavy (non-hydrogen) atoms. The molecule has 1 aliphatic heterocycles. The molecule has 1 saturated heterocycles. The van der Waals surface area contributed by atoms with E-state index in [1.165, 1.54) is 0 Å². The minimum atomic E-state index is 0.361. The number of hydrogen-bond donors (Lipinski definition) is 0. The molecule has 1 unspecified atom stereocenters. The van der Waals surface area contributed by atoms with Gasteiger partial charge in [0.05, 0.1) is 6.61 Å². The summed E-state index contributed by atoms with van der Waals surface area (Å²) in [5, 5.41) is 3.99. The average molecular weight is 156 g/mol. The summed E-state index contributed by atoms with van der Waals surface area (Å²) in [6, 6.07) is 1.97. The zero-order valence-corrected chi connectivity index (χ0v) is 6.26. The highest BCUT2D eigenvalue weighted by Crippen LogP contribution is 2.17. The molecule has 0 aliphatic carbocycles. The highest BCUT2D eigenvalue weighted by molar-refractivity contribution is 7.08. The first kappa shape index (κ1) is 6.19. The van der Waals surface area contributed by atoms with Gasteiger partial charge in [0.1, 0.15) is 18.5 Å². The Kier molecular flexibility index (Phi) is 1.61. The van der Waals surface area contributed by atoms with Crippen LogP contribution in [0.5, 0.6) is 5.75 Å². The second-order valence-corrected chi connectivity index (χ2v) is 3.01. The van der Waals surface area contributed by atoms with Crippen LogP contribution in [-0.2, 0) is 4.74 Å². The normalized spacial score (nSPS) is 22.6. The van der Waals surface area contributed by atoms with E-state index in [4.69, 9.17) is 9.47 Å². The summed E-state index contributed by atoms with van der Waals surface area (Å²) < 4.78 is 10.3. The summed E-state index contributed by atoms with van der Waals surface area (Å²) in [5.74, 6) is 0.959. The van der Waals surface area contributed by atoms with Crippen LogP contribution >= 0.6 is 11.3 Å². The molecule has 2 rings (SSSR count). The number of ether oxygens (including phenoxy) is 2. The Labute approximate surface area is 63.4 Å². The van der Waals surface area contributed by atoms with E-state index in [1.54, 1.807) is 11.3 Å². The Hall–Kier alpha value is -0.540. The third-order valence-corrected chi connectivity index (χ3v) is 1.99. The Bertz CT molecular complexity index is 191. The van der Waals surface area contributed by atoms with Gasteiger partial charge in [-0.05, 0) is 11.4 Å². The van der Waals surface area contributed by atoms with Crippen molar-refractivity contribution in [1.29, 1.82) is 0 Å². The van der Waals surface area contributed by atoms with E-state index in [0.29, 0.717) is 12.7 Å². The number of thiophene rings is 1.